The van der Waals surface area contributed by atoms with Gasteiger partial charge < -0.3 is 19.5 Å². The van der Waals surface area contributed by atoms with Gasteiger partial charge in [0.2, 0.25) is 18.1 Å². The van der Waals surface area contributed by atoms with Gasteiger partial charge in [0, 0.05) is 25.3 Å². The van der Waals surface area contributed by atoms with Crippen LogP contribution in [0.15, 0.2) is 28.8 Å². The Morgan fingerprint density at radius 3 is 2.58 bits per heavy atom. The summed E-state index contributed by atoms with van der Waals surface area (Å²) in [5, 5.41) is 6.01. The average Bonchev–Trinajstić information content (AvgIpc) is 3.13. The SMILES string of the molecule is O=CNC1(C(=O)N(Cc2ccc(-c3noc(C(F)(F)F)n3)cc2)CC2CCCO2)CC1. The number of rotatable bonds is 8. The summed E-state index contributed by atoms with van der Waals surface area (Å²) in [6.07, 6.45) is -1.25. The summed E-state index contributed by atoms with van der Waals surface area (Å²) in [5.41, 5.74) is 0.289. The van der Waals surface area contributed by atoms with E-state index in [1.807, 2.05) is 0 Å². The van der Waals surface area contributed by atoms with Crippen LogP contribution in [0.25, 0.3) is 11.4 Å². The van der Waals surface area contributed by atoms with Crippen molar-refractivity contribution in [2.24, 2.45) is 0 Å². The molecule has 2 aromatic rings. The number of carbonyl (C=O) groups is 2. The van der Waals surface area contributed by atoms with E-state index < -0.39 is 17.6 Å². The third-order valence-corrected chi connectivity index (χ3v) is 5.48. The number of nitrogens with one attached hydrogen (secondary N) is 1. The fraction of sp³-hybridized carbons (Fsp3) is 0.500. The minimum Gasteiger partial charge on any atom is -0.376 e. The van der Waals surface area contributed by atoms with E-state index in [0.29, 0.717) is 38.0 Å². The van der Waals surface area contributed by atoms with Gasteiger partial charge >= 0.3 is 12.1 Å². The van der Waals surface area contributed by atoms with Gasteiger partial charge in [0.25, 0.3) is 0 Å². The molecule has 1 aliphatic heterocycles. The molecule has 8 nitrogen and oxygen atoms in total. The van der Waals surface area contributed by atoms with Crippen LogP contribution in [0.3, 0.4) is 0 Å². The van der Waals surface area contributed by atoms with Crippen molar-refractivity contribution >= 4 is 12.3 Å². The Morgan fingerprint density at radius 1 is 1.29 bits per heavy atom. The van der Waals surface area contributed by atoms with Crippen LogP contribution in [0.1, 0.15) is 37.1 Å². The smallest absolute Gasteiger partial charge is 0.376 e. The standard InChI is InChI=1S/C20H21F3N4O4/c21-20(22,23)17-25-16(26-31-17)14-5-3-13(4-6-14)10-27(11-15-2-1-9-30-15)18(29)19(7-8-19)24-12-28/h3-6,12,15H,1-2,7-11H2,(H,24,28). The second kappa shape index (κ2) is 8.29. The van der Waals surface area contributed by atoms with Crippen LogP contribution in [0.2, 0.25) is 0 Å². The molecule has 2 aliphatic rings. The van der Waals surface area contributed by atoms with Crippen molar-refractivity contribution < 1.29 is 32.0 Å². The molecule has 1 saturated heterocycles. The van der Waals surface area contributed by atoms with Crippen LogP contribution in [0, 0.1) is 0 Å². The molecule has 2 amide bonds. The second-order valence-corrected chi connectivity index (χ2v) is 7.78. The van der Waals surface area contributed by atoms with Crippen molar-refractivity contribution in [3.63, 3.8) is 0 Å². The number of halogens is 3. The molecule has 2 heterocycles. The highest BCUT2D eigenvalue weighted by Crippen LogP contribution is 2.37. The van der Waals surface area contributed by atoms with Gasteiger partial charge in [0.05, 0.1) is 6.10 Å². The monoisotopic (exact) mass is 438 g/mol. The maximum absolute atomic E-state index is 13.1. The van der Waals surface area contributed by atoms with Gasteiger partial charge in [-0.3, -0.25) is 9.59 Å². The predicted octanol–water partition coefficient (Wildman–Crippen LogP) is 2.54. The third kappa shape index (κ3) is 4.71. The van der Waals surface area contributed by atoms with Gasteiger partial charge in [-0.15, -0.1) is 0 Å². The van der Waals surface area contributed by atoms with Gasteiger partial charge in [-0.25, -0.2) is 0 Å². The molecule has 4 rings (SSSR count). The second-order valence-electron chi connectivity index (χ2n) is 7.78. The first-order valence-electron chi connectivity index (χ1n) is 9.93. The van der Waals surface area contributed by atoms with Crippen molar-refractivity contribution in [3.8, 4) is 11.4 Å². The van der Waals surface area contributed by atoms with Gasteiger partial charge in [-0.05, 0) is 31.2 Å². The van der Waals surface area contributed by atoms with Gasteiger partial charge in [-0.2, -0.15) is 18.2 Å². The summed E-state index contributed by atoms with van der Waals surface area (Å²) in [6, 6.07) is 6.54. The zero-order valence-electron chi connectivity index (χ0n) is 16.5. The number of nitrogens with zero attached hydrogens (tertiary/aromatic N) is 3. The maximum Gasteiger partial charge on any atom is 0.471 e. The topological polar surface area (TPSA) is 97.6 Å². The molecule has 1 atom stereocenters. The summed E-state index contributed by atoms with van der Waals surface area (Å²) in [5.74, 6) is -1.73. The van der Waals surface area contributed by atoms with E-state index in [1.165, 1.54) is 0 Å². The van der Waals surface area contributed by atoms with Crippen LogP contribution in [0.5, 0.6) is 0 Å². The molecule has 166 valence electrons. The van der Waals surface area contributed by atoms with Crippen molar-refractivity contribution in [3.05, 3.63) is 35.7 Å². The van der Waals surface area contributed by atoms with E-state index in [9.17, 15) is 22.8 Å². The lowest BCUT2D eigenvalue weighted by molar-refractivity contribution is -0.159. The van der Waals surface area contributed by atoms with Crippen LogP contribution >= 0.6 is 0 Å². The fourth-order valence-corrected chi connectivity index (χ4v) is 3.65. The van der Waals surface area contributed by atoms with Gasteiger partial charge in [-0.1, -0.05) is 29.4 Å². The normalized spacial score (nSPS) is 19.8. The quantitative estimate of drug-likeness (QED) is 0.637. The molecule has 1 unspecified atom stereocenters. The van der Waals surface area contributed by atoms with Crippen molar-refractivity contribution in [2.75, 3.05) is 13.2 Å². The molecular weight excluding hydrogens is 417 g/mol. The Balaban J connectivity index is 1.49. The first kappa shape index (κ1) is 21.3. The molecule has 1 aromatic heterocycles. The molecule has 0 radical (unpaired) electrons. The molecule has 1 aliphatic carbocycles. The maximum atomic E-state index is 13.1. The lowest BCUT2D eigenvalue weighted by Crippen LogP contribution is -2.49. The molecule has 31 heavy (non-hydrogen) atoms. The van der Waals surface area contributed by atoms with Crippen LogP contribution < -0.4 is 5.32 Å². The van der Waals surface area contributed by atoms with Crippen molar-refractivity contribution in [2.45, 2.75) is 50.0 Å². The van der Waals surface area contributed by atoms with Crippen molar-refractivity contribution in [1.29, 1.82) is 0 Å². The molecule has 1 aromatic carbocycles. The molecular formula is C20H21F3N4O4. The number of hydrogen-bond acceptors (Lipinski definition) is 6. The fourth-order valence-electron chi connectivity index (χ4n) is 3.65. The summed E-state index contributed by atoms with van der Waals surface area (Å²) < 4.78 is 47.9. The Labute approximate surface area is 175 Å². The third-order valence-electron chi connectivity index (χ3n) is 5.48. The van der Waals surface area contributed by atoms with Gasteiger partial charge in [0.15, 0.2) is 0 Å². The van der Waals surface area contributed by atoms with E-state index in [4.69, 9.17) is 4.74 Å². The van der Waals surface area contributed by atoms with Crippen LogP contribution in [-0.4, -0.2) is 52.2 Å². The number of amides is 2. The van der Waals surface area contributed by atoms with E-state index in [0.717, 1.165) is 18.4 Å². The highest BCUT2D eigenvalue weighted by molar-refractivity contribution is 5.91. The van der Waals surface area contributed by atoms with E-state index in [-0.39, 0.29) is 24.4 Å². The highest BCUT2D eigenvalue weighted by atomic mass is 19.4. The van der Waals surface area contributed by atoms with E-state index >= 15 is 0 Å². The number of benzene rings is 1. The highest BCUT2D eigenvalue weighted by Gasteiger charge is 2.52. The molecule has 2 fully saturated rings. The zero-order chi connectivity index (χ0) is 22.1. The van der Waals surface area contributed by atoms with E-state index in [1.54, 1.807) is 29.2 Å². The number of ether oxygens (including phenoxy) is 1. The Kier molecular flexibility index (Phi) is 5.69. The minimum absolute atomic E-state index is 0.0598. The zero-order valence-corrected chi connectivity index (χ0v) is 16.5. The number of aromatic nitrogens is 2. The summed E-state index contributed by atoms with van der Waals surface area (Å²) >= 11 is 0. The van der Waals surface area contributed by atoms with Gasteiger partial charge in [0.1, 0.15) is 5.54 Å². The van der Waals surface area contributed by atoms with Crippen molar-refractivity contribution in [1.82, 2.24) is 20.4 Å². The molecule has 0 spiro atoms. The lowest BCUT2D eigenvalue weighted by Gasteiger charge is -2.29. The first-order valence-corrected chi connectivity index (χ1v) is 9.93. The minimum atomic E-state index is -4.71. The number of carbonyl (C=O) groups excluding carboxylic acids is 2. The Morgan fingerprint density at radius 2 is 2.03 bits per heavy atom. The lowest BCUT2D eigenvalue weighted by atomic mass is 10.1. The summed E-state index contributed by atoms with van der Waals surface area (Å²) in [4.78, 5) is 29.1. The molecule has 0 bridgehead atoms. The molecule has 1 saturated carbocycles. The molecule has 1 N–H and O–H groups in total. The number of alkyl halides is 3. The summed E-state index contributed by atoms with van der Waals surface area (Å²) in [6.45, 7) is 1.34. The van der Waals surface area contributed by atoms with E-state index in [2.05, 4.69) is 20.0 Å². The predicted molar refractivity (Wildman–Crippen MR) is 100 cm³/mol. The average molecular weight is 438 g/mol. The van der Waals surface area contributed by atoms with Crippen LogP contribution in [0.4, 0.5) is 13.2 Å². The Bertz CT molecular complexity index is 935. The Hall–Kier alpha value is -2.95. The van der Waals surface area contributed by atoms with Crippen LogP contribution in [-0.2, 0) is 27.0 Å². The first-order chi connectivity index (χ1) is 14.8. The largest absolute Gasteiger partial charge is 0.471 e. The number of hydrogen-bond donors (Lipinski definition) is 1. The summed E-state index contributed by atoms with van der Waals surface area (Å²) in [7, 11) is 0. The molecule has 11 heteroatoms.